The van der Waals surface area contributed by atoms with Crippen LogP contribution in [-0.2, 0) is 6.54 Å². The van der Waals surface area contributed by atoms with Crippen molar-refractivity contribution in [1.29, 1.82) is 0 Å². The first-order valence-corrected chi connectivity index (χ1v) is 9.75. The molecule has 1 heterocycles. The SMILES string of the molecule is CC(=O)c1ccc(-c2ccc(C(=O)NCCCN(C)Cc3ccccc3)o2)cc1. The van der Waals surface area contributed by atoms with Crippen molar-refractivity contribution in [1.82, 2.24) is 10.2 Å². The van der Waals surface area contributed by atoms with Crippen molar-refractivity contribution < 1.29 is 14.0 Å². The van der Waals surface area contributed by atoms with E-state index < -0.39 is 0 Å². The molecule has 2 aromatic carbocycles. The second-order valence-electron chi connectivity index (χ2n) is 7.13. The van der Waals surface area contributed by atoms with Crippen molar-refractivity contribution >= 4 is 11.7 Å². The predicted molar refractivity (Wildman–Crippen MR) is 114 cm³/mol. The maximum absolute atomic E-state index is 12.3. The van der Waals surface area contributed by atoms with E-state index in [4.69, 9.17) is 4.42 Å². The fraction of sp³-hybridized carbons (Fsp3) is 0.250. The molecule has 1 aromatic heterocycles. The van der Waals surface area contributed by atoms with Crippen LogP contribution in [0.4, 0.5) is 0 Å². The van der Waals surface area contributed by atoms with E-state index in [9.17, 15) is 9.59 Å². The molecule has 0 fully saturated rings. The lowest BCUT2D eigenvalue weighted by molar-refractivity contribution is 0.0924. The molecule has 150 valence electrons. The quantitative estimate of drug-likeness (QED) is 0.434. The summed E-state index contributed by atoms with van der Waals surface area (Å²) in [4.78, 5) is 25.9. The summed E-state index contributed by atoms with van der Waals surface area (Å²) in [5.41, 5.74) is 2.76. The zero-order valence-corrected chi connectivity index (χ0v) is 16.9. The van der Waals surface area contributed by atoms with Gasteiger partial charge in [-0.25, -0.2) is 0 Å². The van der Waals surface area contributed by atoms with E-state index in [-0.39, 0.29) is 17.5 Å². The van der Waals surface area contributed by atoms with Crippen LogP contribution in [0.5, 0.6) is 0 Å². The lowest BCUT2D eigenvalue weighted by Crippen LogP contribution is -2.27. The minimum Gasteiger partial charge on any atom is -0.451 e. The van der Waals surface area contributed by atoms with Gasteiger partial charge < -0.3 is 14.6 Å². The molecule has 1 amide bonds. The van der Waals surface area contributed by atoms with Crippen LogP contribution in [0.1, 0.15) is 39.8 Å². The van der Waals surface area contributed by atoms with E-state index in [0.29, 0.717) is 17.9 Å². The molecule has 0 spiro atoms. The Morgan fingerprint density at radius 3 is 2.38 bits per heavy atom. The normalized spacial score (nSPS) is 10.9. The number of Topliss-reactive ketones (excluding diaryl/α,β-unsaturated/α-hetero) is 1. The molecule has 0 atom stereocenters. The number of nitrogens with one attached hydrogen (secondary N) is 1. The van der Waals surface area contributed by atoms with Gasteiger partial charge in [-0.3, -0.25) is 9.59 Å². The average molecular weight is 390 g/mol. The molecular weight excluding hydrogens is 364 g/mol. The summed E-state index contributed by atoms with van der Waals surface area (Å²) in [7, 11) is 2.07. The van der Waals surface area contributed by atoms with Crippen molar-refractivity contribution in [3.63, 3.8) is 0 Å². The van der Waals surface area contributed by atoms with Crippen molar-refractivity contribution in [2.45, 2.75) is 19.9 Å². The van der Waals surface area contributed by atoms with Gasteiger partial charge in [0, 0.05) is 24.2 Å². The van der Waals surface area contributed by atoms with Crippen molar-refractivity contribution in [2.24, 2.45) is 0 Å². The third-order valence-corrected chi connectivity index (χ3v) is 4.70. The van der Waals surface area contributed by atoms with Crippen LogP contribution in [0.25, 0.3) is 11.3 Å². The van der Waals surface area contributed by atoms with Crippen molar-refractivity contribution in [2.75, 3.05) is 20.1 Å². The molecule has 29 heavy (non-hydrogen) atoms. The summed E-state index contributed by atoms with van der Waals surface area (Å²) in [5, 5.41) is 2.90. The van der Waals surface area contributed by atoms with E-state index in [1.165, 1.54) is 12.5 Å². The lowest BCUT2D eigenvalue weighted by Gasteiger charge is -2.16. The molecule has 1 N–H and O–H groups in total. The highest BCUT2D eigenvalue weighted by atomic mass is 16.3. The fourth-order valence-electron chi connectivity index (χ4n) is 3.10. The summed E-state index contributed by atoms with van der Waals surface area (Å²) in [6.07, 6.45) is 0.856. The average Bonchev–Trinajstić information content (AvgIpc) is 3.22. The number of hydrogen-bond acceptors (Lipinski definition) is 4. The molecular formula is C24H26N2O3. The predicted octanol–water partition coefficient (Wildman–Crippen LogP) is 4.40. The van der Waals surface area contributed by atoms with Gasteiger partial charge in [-0.05, 0) is 44.6 Å². The monoisotopic (exact) mass is 390 g/mol. The molecule has 0 aliphatic carbocycles. The highest BCUT2D eigenvalue weighted by Crippen LogP contribution is 2.22. The number of carbonyl (C=O) groups is 2. The number of ketones is 1. The topological polar surface area (TPSA) is 62.6 Å². The van der Waals surface area contributed by atoms with Crippen LogP contribution in [0.15, 0.2) is 71.1 Å². The Morgan fingerprint density at radius 1 is 0.966 bits per heavy atom. The fourth-order valence-corrected chi connectivity index (χ4v) is 3.10. The molecule has 5 heteroatoms. The van der Waals surface area contributed by atoms with Crippen LogP contribution < -0.4 is 5.32 Å². The summed E-state index contributed by atoms with van der Waals surface area (Å²) in [6, 6.07) is 20.9. The minimum atomic E-state index is -0.220. The number of benzene rings is 2. The van der Waals surface area contributed by atoms with Crippen LogP contribution in [0.3, 0.4) is 0 Å². The van der Waals surface area contributed by atoms with Crippen LogP contribution in [0, 0.1) is 0 Å². The highest BCUT2D eigenvalue weighted by Gasteiger charge is 2.12. The van der Waals surface area contributed by atoms with Crippen LogP contribution >= 0.6 is 0 Å². The number of furan rings is 1. The molecule has 0 radical (unpaired) electrons. The van der Waals surface area contributed by atoms with E-state index in [0.717, 1.165) is 25.1 Å². The van der Waals surface area contributed by atoms with Gasteiger partial charge in [-0.1, -0.05) is 54.6 Å². The first kappa shape index (κ1) is 20.6. The van der Waals surface area contributed by atoms with Gasteiger partial charge in [0.05, 0.1) is 0 Å². The van der Waals surface area contributed by atoms with Gasteiger partial charge in [0.1, 0.15) is 5.76 Å². The van der Waals surface area contributed by atoms with E-state index in [1.807, 2.05) is 30.3 Å². The number of rotatable bonds is 9. The van der Waals surface area contributed by atoms with Crippen molar-refractivity contribution in [3.05, 3.63) is 83.6 Å². The lowest BCUT2D eigenvalue weighted by atomic mass is 10.1. The van der Waals surface area contributed by atoms with E-state index in [2.05, 4.69) is 29.4 Å². The second kappa shape index (κ2) is 9.85. The Bertz CT molecular complexity index is 946. The van der Waals surface area contributed by atoms with Gasteiger partial charge in [0.25, 0.3) is 5.91 Å². The first-order valence-electron chi connectivity index (χ1n) is 9.75. The van der Waals surface area contributed by atoms with Gasteiger partial charge in [0.2, 0.25) is 0 Å². The van der Waals surface area contributed by atoms with Gasteiger partial charge >= 0.3 is 0 Å². The van der Waals surface area contributed by atoms with E-state index in [1.54, 1.807) is 24.3 Å². The smallest absolute Gasteiger partial charge is 0.287 e. The Balaban J connectivity index is 1.45. The number of amides is 1. The van der Waals surface area contributed by atoms with Crippen LogP contribution in [-0.4, -0.2) is 36.7 Å². The summed E-state index contributed by atoms with van der Waals surface area (Å²) < 4.78 is 5.68. The number of hydrogen-bond donors (Lipinski definition) is 1. The largest absolute Gasteiger partial charge is 0.451 e. The van der Waals surface area contributed by atoms with Gasteiger partial charge in [-0.15, -0.1) is 0 Å². The molecule has 3 rings (SSSR count). The summed E-state index contributed by atoms with van der Waals surface area (Å²) in [6.45, 7) is 3.89. The zero-order valence-electron chi connectivity index (χ0n) is 16.9. The molecule has 0 saturated carbocycles. The molecule has 0 unspecified atom stereocenters. The summed E-state index contributed by atoms with van der Waals surface area (Å²) in [5.74, 6) is 0.689. The van der Waals surface area contributed by atoms with E-state index >= 15 is 0 Å². The van der Waals surface area contributed by atoms with Gasteiger partial charge in [-0.2, -0.15) is 0 Å². The third-order valence-electron chi connectivity index (χ3n) is 4.70. The minimum absolute atomic E-state index is 0.0190. The number of carbonyl (C=O) groups excluding carboxylic acids is 2. The Kier molecular flexibility index (Phi) is 6.98. The Hall–Kier alpha value is -3.18. The molecule has 0 aliphatic rings. The van der Waals surface area contributed by atoms with Gasteiger partial charge in [0.15, 0.2) is 11.5 Å². The second-order valence-corrected chi connectivity index (χ2v) is 7.13. The highest BCUT2D eigenvalue weighted by molar-refractivity contribution is 5.94. The summed E-state index contributed by atoms with van der Waals surface area (Å²) >= 11 is 0. The zero-order chi connectivity index (χ0) is 20.6. The maximum Gasteiger partial charge on any atom is 0.287 e. The Morgan fingerprint density at radius 2 is 1.69 bits per heavy atom. The van der Waals surface area contributed by atoms with Crippen LogP contribution in [0.2, 0.25) is 0 Å². The molecule has 3 aromatic rings. The molecule has 0 aliphatic heterocycles. The first-order chi connectivity index (χ1) is 14.0. The molecule has 5 nitrogen and oxygen atoms in total. The standard InChI is InChI=1S/C24H26N2O3/c1-18(27)20-9-11-21(12-10-20)22-13-14-23(29-22)24(28)25-15-6-16-26(2)17-19-7-4-3-5-8-19/h3-5,7-14H,6,15-17H2,1-2H3,(H,25,28). The Labute approximate surface area is 171 Å². The number of nitrogens with zero attached hydrogens (tertiary/aromatic N) is 1. The molecule has 0 saturated heterocycles. The van der Waals surface area contributed by atoms with Crippen molar-refractivity contribution in [3.8, 4) is 11.3 Å². The maximum atomic E-state index is 12.3. The molecule has 0 bridgehead atoms. The third kappa shape index (κ3) is 5.90.